The molecule has 0 bridgehead atoms. The van der Waals surface area contributed by atoms with Gasteiger partial charge in [-0.3, -0.25) is 19.3 Å². The first-order valence-corrected chi connectivity index (χ1v) is 21.0. The maximum absolute atomic E-state index is 14.3. The Hall–Kier alpha value is -4.00. The summed E-state index contributed by atoms with van der Waals surface area (Å²) in [6.45, 7) is 8.97. The van der Waals surface area contributed by atoms with E-state index in [0.29, 0.717) is 30.6 Å². The first kappa shape index (κ1) is 41.2. The van der Waals surface area contributed by atoms with E-state index in [1.807, 2.05) is 81.4 Å². The summed E-state index contributed by atoms with van der Waals surface area (Å²) in [7, 11) is -3.90. The molecular weight excluding hydrogens is 705 g/mol. The standard InChI is InChI=1S/C42H58N4O7S/c1-41(2,3)45-39(49)35-24-31-18-12-13-19-32(31)25-46(35)26-36(47)34(22-28-14-8-7-9-15-28)43-40(50)38(42(4,5)54(6,51)52)44-37(48)27-53-33-21-20-29-16-10-11-17-30(29)23-33/h7-11,14-17,20-21,23,31-32,34-36,38,47H,12-13,18-19,22,24-27H2,1-6H3,(H,43,50)(H,44,48)(H,45,49). The third-order valence-electron chi connectivity index (χ3n) is 11.1. The van der Waals surface area contributed by atoms with Crippen molar-refractivity contribution in [3.8, 4) is 5.75 Å². The molecular formula is C42H58N4O7S. The van der Waals surface area contributed by atoms with Crippen molar-refractivity contribution in [1.29, 1.82) is 0 Å². The van der Waals surface area contributed by atoms with Gasteiger partial charge in [0, 0.05) is 24.9 Å². The lowest BCUT2D eigenvalue weighted by Crippen LogP contribution is -2.64. The van der Waals surface area contributed by atoms with Crippen molar-refractivity contribution < 1.29 is 32.6 Å². The zero-order chi connectivity index (χ0) is 39.3. The predicted molar refractivity (Wildman–Crippen MR) is 212 cm³/mol. The first-order valence-electron chi connectivity index (χ1n) is 19.1. The van der Waals surface area contributed by atoms with Crippen molar-refractivity contribution in [2.45, 2.75) is 108 Å². The molecule has 1 aliphatic heterocycles. The quantitative estimate of drug-likeness (QED) is 0.189. The number of carbonyl (C=O) groups is 3. The number of likely N-dealkylation sites (tertiary alicyclic amines) is 1. The summed E-state index contributed by atoms with van der Waals surface area (Å²) in [5.41, 5.74) is 0.419. The molecule has 4 N–H and O–H groups in total. The largest absolute Gasteiger partial charge is 0.484 e. The van der Waals surface area contributed by atoms with E-state index >= 15 is 0 Å². The number of aliphatic hydroxyl groups excluding tert-OH is 1. The number of rotatable bonds is 14. The average Bonchev–Trinajstić information content (AvgIpc) is 3.11. The van der Waals surface area contributed by atoms with Crippen LogP contribution in [0, 0.1) is 11.8 Å². The number of ether oxygens (including phenoxy) is 1. The lowest BCUT2D eigenvalue weighted by atomic mass is 9.72. The molecule has 1 aliphatic carbocycles. The molecule has 6 atom stereocenters. The molecule has 6 unspecified atom stereocenters. The molecule has 0 radical (unpaired) electrons. The zero-order valence-corrected chi connectivity index (χ0v) is 33.3. The Labute approximate surface area is 320 Å². The number of fused-ring (bicyclic) bond motifs is 2. The Balaban J connectivity index is 1.36. The van der Waals surface area contributed by atoms with Crippen LogP contribution in [-0.4, -0.2) is 96.6 Å². The maximum Gasteiger partial charge on any atom is 0.258 e. The lowest BCUT2D eigenvalue weighted by Gasteiger charge is -2.47. The van der Waals surface area contributed by atoms with E-state index in [4.69, 9.17) is 4.74 Å². The van der Waals surface area contributed by atoms with E-state index in [2.05, 4.69) is 20.9 Å². The van der Waals surface area contributed by atoms with Gasteiger partial charge in [-0.25, -0.2) is 8.42 Å². The van der Waals surface area contributed by atoms with Crippen LogP contribution in [0.1, 0.15) is 72.3 Å². The summed E-state index contributed by atoms with van der Waals surface area (Å²) < 4.78 is 30.3. The van der Waals surface area contributed by atoms with Crippen molar-refractivity contribution in [3.05, 3.63) is 78.4 Å². The van der Waals surface area contributed by atoms with E-state index in [9.17, 15) is 27.9 Å². The summed E-state index contributed by atoms with van der Waals surface area (Å²) in [6, 6.07) is 19.7. The minimum absolute atomic E-state index is 0.0778. The molecule has 1 saturated carbocycles. The number of hydrogen-bond acceptors (Lipinski definition) is 8. The van der Waals surface area contributed by atoms with E-state index in [1.165, 1.54) is 13.8 Å². The van der Waals surface area contributed by atoms with Gasteiger partial charge in [-0.05, 0) is 94.2 Å². The molecule has 2 fully saturated rings. The van der Waals surface area contributed by atoms with E-state index in [-0.39, 0.29) is 18.9 Å². The normalized spacial score (nSPS) is 21.3. The van der Waals surface area contributed by atoms with E-state index in [0.717, 1.165) is 48.3 Å². The highest BCUT2D eigenvalue weighted by Crippen LogP contribution is 2.39. The second kappa shape index (κ2) is 17.2. The van der Waals surface area contributed by atoms with Crippen LogP contribution in [-0.2, 0) is 30.6 Å². The number of aliphatic hydroxyl groups is 1. The van der Waals surface area contributed by atoms with Crippen LogP contribution in [0.4, 0.5) is 0 Å². The van der Waals surface area contributed by atoms with Gasteiger partial charge in [-0.1, -0.05) is 79.9 Å². The highest BCUT2D eigenvalue weighted by molar-refractivity contribution is 7.92. The summed E-state index contributed by atoms with van der Waals surface area (Å²) in [6.07, 6.45) is 5.28. The minimum atomic E-state index is -3.90. The van der Waals surface area contributed by atoms with Crippen LogP contribution in [0.3, 0.4) is 0 Å². The van der Waals surface area contributed by atoms with Crippen LogP contribution in [0.25, 0.3) is 10.8 Å². The van der Waals surface area contributed by atoms with Crippen molar-refractivity contribution in [3.63, 3.8) is 0 Å². The molecule has 0 spiro atoms. The van der Waals surface area contributed by atoms with Crippen LogP contribution in [0.5, 0.6) is 5.75 Å². The molecule has 2 aliphatic rings. The Kier molecular flexibility index (Phi) is 13.1. The summed E-state index contributed by atoms with van der Waals surface area (Å²) in [5, 5.41) is 22.6. The topological polar surface area (TPSA) is 154 Å². The van der Waals surface area contributed by atoms with Crippen LogP contribution >= 0.6 is 0 Å². The number of sulfone groups is 1. The van der Waals surface area contributed by atoms with Crippen LogP contribution in [0.15, 0.2) is 72.8 Å². The van der Waals surface area contributed by atoms with Crippen LogP contribution < -0.4 is 20.7 Å². The molecule has 54 heavy (non-hydrogen) atoms. The Morgan fingerprint density at radius 2 is 1.54 bits per heavy atom. The fourth-order valence-electron chi connectivity index (χ4n) is 7.79. The maximum atomic E-state index is 14.3. The second-order valence-corrected chi connectivity index (χ2v) is 19.4. The third kappa shape index (κ3) is 10.6. The lowest BCUT2D eigenvalue weighted by molar-refractivity contribution is -0.133. The Morgan fingerprint density at radius 3 is 2.20 bits per heavy atom. The number of nitrogens with one attached hydrogen (secondary N) is 3. The van der Waals surface area contributed by atoms with E-state index < -0.39 is 62.8 Å². The fourth-order valence-corrected chi connectivity index (χ4v) is 8.38. The monoisotopic (exact) mass is 762 g/mol. The molecule has 5 rings (SSSR count). The van der Waals surface area contributed by atoms with Gasteiger partial charge in [-0.15, -0.1) is 0 Å². The van der Waals surface area contributed by atoms with Crippen molar-refractivity contribution >= 4 is 38.3 Å². The van der Waals surface area contributed by atoms with Crippen molar-refractivity contribution in [1.82, 2.24) is 20.9 Å². The second-order valence-electron chi connectivity index (χ2n) is 16.8. The number of benzene rings is 3. The molecule has 1 heterocycles. The number of carbonyl (C=O) groups excluding carboxylic acids is 3. The molecule has 12 heteroatoms. The van der Waals surface area contributed by atoms with Gasteiger partial charge in [0.05, 0.1) is 22.9 Å². The van der Waals surface area contributed by atoms with Gasteiger partial charge in [0.2, 0.25) is 11.8 Å². The minimum Gasteiger partial charge on any atom is -0.484 e. The van der Waals surface area contributed by atoms with Gasteiger partial charge in [0.25, 0.3) is 5.91 Å². The summed E-state index contributed by atoms with van der Waals surface area (Å²) >= 11 is 0. The average molecular weight is 763 g/mol. The summed E-state index contributed by atoms with van der Waals surface area (Å²) in [5.74, 6) is -0.203. The number of hydrogen-bond donors (Lipinski definition) is 4. The highest BCUT2D eigenvalue weighted by atomic mass is 32.2. The van der Waals surface area contributed by atoms with Gasteiger partial charge in [0.15, 0.2) is 16.4 Å². The smallest absolute Gasteiger partial charge is 0.258 e. The Bertz CT molecular complexity index is 1880. The van der Waals surface area contributed by atoms with Gasteiger partial charge < -0.3 is 25.8 Å². The number of nitrogens with zero attached hydrogens (tertiary/aromatic N) is 1. The molecule has 11 nitrogen and oxygen atoms in total. The first-order chi connectivity index (χ1) is 25.4. The predicted octanol–water partition coefficient (Wildman–Crippen LogP) is 4.41. The van der Waals surface area contributed by atoms with Gasteiger partial charge >= 0.3 is 0 Å². The Morgan fingerprint density at radius 1 is 0.889 bits per heavy atom. The highest BCUT2D eigenvalue weighted by Gasteiger charge is 2.46. The van der Waals surface area contributed by atoms with Gasteiger partial charge in [0.1, 0.15) is 11.8 Å². The van der Waals surface area contributed by atoms with Crippen LogP contribution in [0.2, 0.25) is 0 Å². The molecule has 3 aromatic carbocycles. The summed E-state index contributed by atoms with van der Waals surface area (Å²) in [4.78, 5) is 43.4. The molecule has 3 aromatic rings. The van der Waals surface area contributed by atoms with Gasteiger partial charge in [-0.2, -0.15) is 0 Å². The number of piperidine rings is 1. The number of amides is 3. The van der Waals surface area contributed by atoms with Crippen molar-refractivity contribution in [2.24, 2.45) is 11.8 Å². The fraction of sp³-hybridized carbons (Fsp3) is 0.548. The third-order valence-corrected chi connectivity index (χ3v) is 13.3. The molecule has 0 aromatic heterocycles. The van der Waals surface area contributed by atoms with Crippen molar-refractivity contribution in [2.75, 3.05) is 26.0 Å². The SMILES string of the molecule is CC(C)(C)NC(=O)C1CC2CCCCC2CN1CC(O)C(Cc1ccccc1)NC(=O)C(NC(=O)COc1ccc2ccccc2c1)C(C)(C)S(C)(=O)=O. The molecule has 3 amide bonds. The molecule has 294 valence electrons. The number of β-amino-alcohol motifs (C(OH)–C–C–N with tert-alkyl or cyclic N) is 1. The molecule has 1 saturated heterocycles. The zero-order valence-electron chi connectivity index (χ0n) is 32.5. The van der Waals surface area contributed by atoms with E-state index in [1.54, 1.807) is 12.1 Å².